The van der Waals surface area contributed by atoms with Gasteiger partial charge in [0, 0.05) is 5.56 Å². The van der Waals surface area contributed by atoms with Crippen LogP contribution >= 0.6 is 11.6 Å². The van der Waals surface area contributed by atoms with Crippen molar-refractivity contribution in [3.05, 3.63) is 11.6 Å². The van der Waals surface area contributed by atoms with Crippen molar-refractivity contribution in [1.29, 1.82) is 0 Å². The Morgan fingerprint density at radius 1 is 1.44 bits per heavy atom. The second kappa shape index (κ2) is 4.65. The highest BCUT2D eigenvalue weighted by Gasteiger charge is 2.33. The Hall–Kier alpha value is -1.37. The maximum absolute atomic E-state index is 11.9. The zero-order valence-electron chi connectivity index (χ0n) is 8.01. The fraction of sp³-hybridized carbons (Fsp3) is 0.375. The number of aromatic nitrogens is 1. The first kappa shape index (κ1) is 12.7. The number of aromatic hydroxyl groups is 1. The van der Waals surface area contributed by atoms with Crippen LogP contribution in [0.4, 0.5) is 13.2 Å². The molecule has 0 atom stereocenters. The van der Waals surface area contributed by atoms with Crippen molar-refractivity contribution in [3.63, 3.8) is 0 Å². The number of alkyl halides is 4. The lowest BCUT2D eigenvalue weighted by molar-refractivity contribution is -0.276. The fourth-order valence-electron chi connectivity index (χ4n) is 0.967. The maximum Gasteiger partial charge on any atom is 0.574 e. The molecule has 1 N–H and O–H groups in total. The summed E-state index contributed by atoms with van der Waals surface area (Å²) < 4.78 is 43.9. The third-order valence-corrected chi connectivity index (χ3v) is 1.85. The number of methoxy groups -OCH3 is 1. The number of pyridine rings is 1. The van der Waals surface area contributed by atoms with Crippen LogP contribution in [0.15, 0.2) is 6.07 Å². The molecule has 90 valence electrons. The molecular formula is C8H7ClF3NO3. The van der Waals surface area contributed by atoms with Crippen molar-refractivity contribution < 1.29 is 27.8 Å². The first-order valence-electron chi connectivity index (χ1n) is 3.96. The Morgan fingerprint density at radius 3 is 2.50 bits per heavy atom. The molecule has 0 saturated carbocycles. The Labute approximate surface area is 93.6 Å². The highest BCUT2D eigenvalue weighted by Crippen LogP contribution is 2.34. The van der Waals surface area contributed by atoms with Crippen LogP contribution in [0.3, 0.4) is 0 Å². The number of ether oxygens (including phenoxy) is 2. The molecule has 0 aliphatic carbocycles. The van der Waals surface area contributed by atoms with Gasteiger partial charge in [-0.1, -0.05) is 0 Å². The summed E-state index contributed by atoms with van der Waals surface area (Å²) in [5.41, 5.74) is 0.260. The largest absolute Gasteiger partial charge is 0.574 e. The molecule has 0 aliphatic rings. The van der Waals surface area contributed by atoms with E-state index < -0.39 is 18.0 Å². The number of halogens is 4. The van der Waals surface area contributed by atoms with Gasteiger partial charge in [0.15, 0.2) is 5.75 Å². The first-order chi connectivity index (χ1) is 7.37. The van der Waals surface area contributed by atoms with E-state index in [9.17, 15) is 18.3 Å². The SMILES string of the molecule is COc1nc(OC(F)(F)F)c(O)cc1CCl. The Kier molecular flexibility index (Phi) is 3.69. The van der Waals surface area contributed by atoms with Gasteiger partial charge in [0.05, 0.1) is 13.0 Å². The van der Waals surface area contributed by atoms with Gasteiger partial charge in [-0.25, -0.2) is 0 Å². The van der Waals surface area contributed by atoms with Gasteiger partial charge in [0.25, 0.3) is 5.88 Å². The summed E-state index contributed by atoms with van der Waals surface area (Å²) in [6.45, 7) is 0. The summed E-state index contributed by atoms with van der Waals surface area (Å²) in [7, 11) is 1.22. The van der Waals surface area contributed by atoms with Gasteiger partial charge in [-0.3, -0.25) is 0 Å². The van der Waals surface area contributed by atoms with Crippen LogP contribution in [0.1, 0.15) is 5.56 Å². The minimum Gasteiger partial charge on any atom is -0.503 e. The number of hydrogen-bond acceptors (Lipinski definition) is 4. The lowest BCUT2D eigenvalue weighted by atomic mass is 10.3. The standard InChI is InChI=1S/C8H7ClF3NO3/c1-15-6-4(3-9)2-5(14)7(13-6)16-8(10,11)12/h2,14H,3H2,1H3. The molecule has 8 heteroatoms. The summed E-state index contributed by atoms with van der Waals surface area (Å²) in [5, 5.41) is 9.20. The van der Waals surface area contributed by atoms with E-state index in [0.29, 0.717) is 0 Å². The van der Waals surface area contributed by atoms with Gasteiger partial charge in [0.1, 0.15) is 0 Å². The third-order valence-electron chi connectivity index (χ3n) is 1.56. The third kappa shape index (κ3) is 3.06. The molecule has 1 aromatic rings. The van der Waals surface area contributed by atoms with E-state index in [1.807, 2.05) is 0 Å². The molecule has 1 rings (SSSR count). The second-order valence-corrected chi connectivity index (χ2v) is 2.93. The van der Waals surface area contributed by atoms with Crippen LogP contribution in [0, 0.1) is 0 Å². The summed E-state index contributed by atoms with van der Waals surface area (Å²) in [6, 6.07) is 1.000. The predicted octanol–water partition coefficient (Wildman–Crippen LogP) is 2.43. The minimum atomic E-state index is -4.93. The minimum absolute atomic E-state index is 0.0595. The summed E-state index contributed by atoms with van der Waals surface area (Å²) in [5.74, 6) is -1.92. The van der Waals surface area contributed by atoms with Crippen LogP contribution < -0.4 is 9.47 Å². The molecule has 0 aliphatic heterocycles. The molecule has 0 bridgehead atoms. The predicted molar refractivity (Wildman–Crippen MR) is 48.7 cm³/mol. The van der Waals surface area contributed by atoms with E-state index >= 15 is 0 Å². The summed E-state index contributed by atoms with van der Waals surface area (Å²) in [6.07, 6.45) is -4.93. The molecule has 0 radical (unpaired) electrons. The van der Waals surface area contributed by atoms with E-state index in [0.717, 1.165) is 6.07 Å². The van der Waals surface area contributed by atoms with Crippen LogP contribution in [0.2, 0.25) is 0 Å². The summed E-state index contributed by atoms with van der Waals surface area (Å²) >= 11 is 5.47. The zero-order valence-corrected chi connectivity index (χ0v) is 8.76. The normalized spacial score (nSPS) is 11.3. The van der Waals surface area contributed by atoms with Crippen LogP contribution in [-0.2, 0) is 5.88 Å². The average molecular weight is 258 g/mol. The van der Waals surface area contributed by atoms with E-state index in [1.165, 1.54) is 7.11 Å². The second-order valence-electron chi connectivity index (χ2n) is 2.66. The summed E-state index contributed by atoms with van der Waals surface area (Å²) in [4.78, 5) is 3.35. The fourth-order valence-corrected chi connectivity index (χ4v) is 1.16. The number of nitrogens with zero attached hydrogens (tertiary/aromatic N) is 1. The van der Waals surface area contributed by atoms with Gasteiger partial charge in [-0.05, 0) is 6.07 Å². The quantitative estimate of drug-likeness (QED) is 0.845. The molecule has 1 heterocycles. The highest BCUT2D eigenvalue weighted by molar-refractivity contribution is 6.17. The topological polar surface area (TPSA) is 51.6 Å². The monoisotopic (exact) mass is 257 g/mol. The molecule has 0 spiro atoms. The van der Waals surface area contributed by atoms with Gasteiger partial charge in [0.2, 0.25) is 5.88 Å². The number of rotatable bonds is 3. The van der Waals surface area contributed by atoms with Gasteiger partial charge in [-0.2, -0.15) is 4.98 Å². The van der Waals surface area contributed by atoms with Crippen molar-refractivity contribution in [2.45, 2.75) is 12.2 Å². The smallest absolute Gasteiger partial charge is 0.503 e. The Balaban J connectivity index is 3.11. The molecule has 0 fully saturated rings. The van der Waals surface area contributed by atoms with Gasteiger partial charge >= 0.3 is 6.36 Å². The Morgan fingerprint density at radius 2 is 2.06 bits per heavy atom. The molecule has 0 amide bonds. The molecule has 0 aromatic carbocycles. The van der Waals surface area contributed by atoms with Crippen LogP contribution in [-0.4, -0.2) is 23.6 Å². The van der Waals surface area contributed by atoms with Crippen molar-refractivity contribution in [2.24, 2.45) is 0 Å². The Bertz CT molecular complexity index is 384. The molecule has 4 nitrogen and oxygen atoms in total. The molecule has 1 aromatic heterocycles. The van der Waals surface area contributed by atoms with E-state index in [1.54, 1.807) is 0 Å². The van der Waals surface area contributed by atoms with Gasteiger partial charge < -0.3 is 14.6 Å². The highest BCUT2D eigenvalue weighted by atomic mass is 35.5. The van der Waals surface area contributed by atoms with Crippen LogP contribution in [0.25, 0.3) is 0 Å². The van der Waals surface area contributed by atoms with E-state index in [2.05, 4.69) is 9.72 Å². The van der Waals surface area contributed by atoms with Crippen molar-refractivity contribution >= 4 is 11.6 Å². The maximum atomic E-state index is 11.9. The van der Waals surface area contributed by atoms with Crippen LogP contribution in [0.5, 0.6) is 17.5 Å². The first-order valence-corrected chi connectivity index (χ1v) is 4.49. The lowest BCUT2D eigenvalue weighted by Crippen LogP contribution is -2.18. The lowest BCUT2D eigenvalue weighted by Gasteiger charge is -2.12. The molecule has 0 unspecified atom stereocenters. The average Bonchev–Trinajstić information content (AvgIpc) is 2.18. The molecular weight excluding hydrogens is 251 g/mol. The van der Waals surface area contributed by atoms with Crippen molar-refractivity contribution in [3.8, 4) is 17.5 Å². The van der Waals surface area contributed by atoms with E-state index in [-0.39, 0.29) is 17.3 Å². The van der Waals surface area contributed by atoms with E-state index in [4.69, 9.17) is 16.3 Å². The molecule has 16 heavy (non-hydrogen) atoms. The van der Waals surface area contributed by atoms with Gasteiger partial charge in [-0.15, -0.1) is 24.8 Å². The molecule has 0 saturated heterocycles. The zero-order chi connectivity index (χ0) is 12.3. The van der Waals surface area contributed by atoms with Crippen molar-refractivity contribution in [1.82, 2.24) is 4.98 Å². The number of hydrogen-bond donors (Lipinski definition) is 1. The van der Waals surface area contributed by atoms with Crippen molar-refractivity contribution in [2.75, 3.05) is 7.11 Å².